The highest BCUT2D eigenvalue weighted by Gasteiger charge is 1.78. The van der Waals surface area contributed by atoms with Crippen LogP contribution in [-0.2, 0) is 0 Å². The first-order chi connectivity index (χ1) is 2.27. The largest absolute Gasteiger partial charge is 0.198 e. The third-order valence-corrected chi connectivity index (χ3v) is 0.258. The summed E-state index contributed by atoms with van der Waals surface area (Å²) in [6, 6.07) is 2.03. The monoisotopic (exact) mass is 81.1 g/mol. The molecule has 1 heteroatoms. The van der Waals surface area contributed by atoms with Gasteiger partial charge in [-0.1, -0.05) is 0 Å². The van der Waals surface area contributed by atoms with Crippen molar-refractivity contribution >= 4 is 0 Å². The fourth-order valence-electron chi connectivity index (χ4n) is 0. The molecule has 1 nitrogen and oxygen atoms in total. The van der Waals surface area contributed by atoms with E-state index in [0.29, 0.717) is 0 Å². The third kappa shape index (κ3) is 9.75. The number of nitriles is 1. The van der Waals surface area contributed by atoms with Gasteiger partial charge in [0.2, 0.25) is 0 Å². The van der Waals surface area contributed by atoms with Gasteiger partial charge in [-0.25, -0.2) is 0 Å². The standard InChI is InChI=1S/C4H7N.C/c1-4(2)3-5;/h4H,1-2H3;. The highest BCUT2D eigenvalue weighted by molar-refractivity contribution is 4.72. The number of nitrogens with zero attached hydrogens (tertiary/aromatic N) is 1. The van der Waals surface area contributed by atoms with E-state index in [2.05, 4.69) is 0 Å². The van der Waals surface area contributed by atoms with Crippen LogP contribution in [0.2, 0.25) is 0 Å². The second-order valence-electron chi connectivity index (χ2n) is 1.28. The van der Waals surface area contributed by atoms with Gasteiger partial charge in [0.25, 0.3) is 0 Å². The Morgan fingerprint density at radius 2 is 1.67 bits per heavy atom. The molecule has 0 aromatic rings. The van der Waals surface area contributed by atoms with Crippen LogP contribution in [0.5, 0.6) is 0 Å². The van der Waals surface area contributed by atoms with Gasteiger partial charge in [-0.2, -0.15) is 5.26 Å². The summed E-state index contributed by atoms with van der Waals surface area (Å²) >= 11 is 0. The molecule has 6 heavy (non-hydrogen) atoms. The summed E-state index contributed by atoms with van der Waals surface area (Å²) in [5.74, 6) is 0.190. The Morgan fingerprint density at radius 1 is 1.50 bits per heavy atom. The van der Waals surface area contributed by atoms with Gasteiger partial charge >= 0.3 is 0 Å². The fourth-order valence-corrected chi connectivity index (χ4v) is 0. The summed E-state index contributed by atoms with van der Waals surface area (Å²) < 4.78 is 0. The molecule has 0 aliphatic carbocycles. The van der Waals surface area contributed by atoms with Crippen LogP contribution in [0.1, 0.15) is 13.8 Å². The Balaban J connectivity index is 0. The van der Waals surface area contributed by atoms with E-state index < -0.39 is 0 Å². The van der Waals surface area contributed by atoms with Crippen LogP contribution in [0, 0.1) is 24.7 Å². The topological polar surface area (TPSA) is 23.8 Å². The third-order valence-electron chi connectivity index (χ3n) is 0.258. The maximum absolute atomic E-state index is 7.89. The molecule has 0 aromatic heterocycles. The zero-order valence-electron chi connectivity index (χ0n) is 4.02. The van der Waals surface area contributed by atoms with E-state index in [9.17, 15) is 0 Å². The lowest BCUT2D eigenvalue weighted by Crippen LogP contribution is -1.72. The zero-order chi connectivity index (χ0) is 4.28. The second kappa shape index (κ2) is 4.49. The average molecular weight is 81.1 g/mol. The quantitative estimate of drug-likeness (QED) is 0.430. The van der Waals surface area contributed by atoms with Crippen LogP contribution < -0.4 is 0 Å². The molecule has 0 spiro atoms. The Labute approximate surface area is 39.6 Å². The van der Waals surface area contributed by atoms with Crippen molar-refractivity contribution in [2.45, 2.75) is 13.8 Å². The summed E-state index contributed by atoms with van der Waals surface area (Å²) in [7, 11) is 0. The van der Waals surface area contributed by atoms with Gasteiger partial charge in [0.05, 0.1) is 6.07 Å². The van der Waals surface area contributed by atoms with E-state index in [0.717, 1.165) is 0 Å². The van der Waals surface area contributed by atoms with E-state index in [1.165, 1.54) is 0 Å². The van der Waals surface area contributed by atoms with Gasteiger partial charge in [-0.3, -0.25) is 0 Å². The molecule has 0 amide bonds. The fraction of sp³-hybridized carbons (Fsp3) is 0.600. The minimum Gasteiger partial charge on any atom is -0.198 e. The van der Waals surface area contributed by atoms with Crippen LogP contribution in [0.4, 0.5) is 0 Å². The lowest BCUT2D eigenvalue weighted by atomic mass is 10.3. The van der Waals surface area contributed by atoms with Gasteiger partial charge in [0.1, 0.15) is 0 Å². The number of hydrogen-bond donors (Lipinski definition) is 0. The first kappa shape index (κ1) is 9.09. The van der Waals surface area contributed by atoms with E-state index in [-0.39, 0.29) is 13.3 Å². The Morgan fingerprint density at radius 3 is 1.67 bits per heavy atom. The molecule has 0 heterocycles. The molecular formula is C5H7N. The van der Waals surface area contributed by atoms with Gasteiger partial charge < -0.3 is 0 Å². The highest BCUT2D eigenvalue weighted by Crippen LogP contribution is 1.81. The van der Waals surface area contributed by atoms with E-state index >= 15 is 0 Å². The molecule has 0 unspecified atom stereocenters. The molecule has 0 aliphatic rings. The first-order valence-corrected chi connectivity index (χ1v) is 1.67. The maximum atomic E-state index is 7.89. The highest BCUT2D eigenvalue weighted by atomic mass is 14.2. The Hall–Kier alpha value is -0.510. The van der Waals surface area contributed by atoms with Gasteiger partial charge in [-0.15, -0.1) is 0 Å². The Kier molecular flexibility index (Phi) is 6.80. The predicted molar refractivity (Wildman–Crippen MR) is 23.7 cm³/mol. The van der Waals surface area contributed by atoms with Crippen molar-refractivity contribution < 1.29 is 0 Å². The lowest BCUT2D eigenvalue weighted by molar-refractivity contribution is 0.849. The summed E-state index contributed by atoms with van der Waals surface area (Å²) in [5, 5.41) is 7.89. The van der Waals surface area contributed by atoms with Crippen molar-refractivity contribution in [3.63, 3.8) is 0 Å². The molecule has 0 fully saturated rings. The van der Waals surface area contributed by atoms with Crippen molar-refractivity contribution in [1.82, 2.24) is 0 Å². The van der Waals surface area contributed by atoms with Crippen molar-refractivity contribution in [3.05, 3.63) is 7.43 Å². The molecule has 0 bridgehead atoms. The maximum Gasteiger partial charge on any atom is 0.0649 e. The minimum absolute atomic E-state index is 0. The molecule has 0 N–H and O–H groups in total. The summed E-state index contributed by atoms with van der Waals surface area (Å²) in [5.41, 5.74) is 0. The second-order valence-corrected chi connectivity index (χ2v) is 1.28. The number of hydrogen-bond acceptors (Lipinski definition) is 1. The molecule has 0 aromatic carbocycles. The molecule has 0 saturated heterocycles. The normalized spacial score (nSPS) is 6.33. The Bertz CT molecular complexity index is 49.4. The summed E-state index contributed by atoms with van der Waals surface area (Å²) in [6.07, 6.45) is 0. The molecule has 0 atom stereocenters. The van der Waals surface area contributed by atoms with Crippen LogP contribution >= 0.6 is 0 Å². The SMILES string of the molecule is CC(C)C#N.[C]. The molecule has 0 aliphatic heterocycles. The lowest BCUT2D eigenvalue weighted by Gasteiger charge is -1.75. The molecule has 32 valence electrons. The van der Waals surface area contributed by atoms with E-state index in [1.807, 2.05) is 19.9 Å². The molecule has 0 saturated carbocycles. The van der Waals surface area contributed by atoms with Crippen LogP contribution in [0.3, 0.4) is 0 Å². The summed E-state index contributed by atoms with van der Waals surface area (Å²) in [6.45, 7) is 3.72. The van der Waals surface area contributed by atoms with Crippen molar-refractivity contribution in [2.75, 3.05) is 0 Å². The van der Waals surface area contributed by atoms with E-state index in [4.69, 9.17) is 5.26 Å². The average Bonchev–Trinajstić information content (AvgIpc) is 1.38. The van der Waals surface area contributed by atoms with Crippen LogP contribution in [-0.4, -0.2) is 0 Å². The molecule has 4 radical (unpaired) electrons. The van der Waals surface area contributed by atoms with Crippen LogP contribution in [0.15, 0.2) is 0 Å². The minimum atomic E-state index is 0. The predicted octanol–water partition coefficient (Wildman–Crippen LogP) is 1.25. The van der Waals surface area contributed by atoms with E-state index in [1.54, 1.807) is 0 Å². The summed E-state index contributed by atoms with van der Waals surface area (Å²) in [4.78, 5) is 0. The van der Waals surface area contributed by atoms with Crippen LogP contribution in [0.25, 0.3) is 0 Å². The van der Waals surface area contributed by atoms with Crippen molar-refractivity contribution in [2.24, 2.45) is 5.92 Å². The molecular weight excluding hydrogens is 74.1 g/mol. The van der Waals surface area contributed by atoms with Gasteiger partial charge in [-0.05, 0) is 13.8 Å². The first-order valence-electron chi connectivity index (χ1n) is 1.67. The van der Waals surface area contributed by atoms with Gasteiger partial charge in [0, 0.05) is 13.3 Å². The smallest absolute Gasteiger partial charge is 0.0649 e. The van der Waals surface area contributed by atoms with Gasteiger partial charge in [0.15, 0.2) is 0 Å². The zero-order valence-corrected chi connectivity index (χ0v) is 4.02. The van der Waals surface area contributed by atoms with Crippen molar-refractivity contribution in [1.29, 1.82) is 5.26 Å². The number of rotatable bonds is 0. The van der Waals surface area contributed by atoms with Crippen molar-refractivity contribution in [3.8, 4) is 6.07 Å². The molecule has 0 rings (SSSR count).